The van der Waals surface area contributed by atoms with Crippen LogP contribution >= 0.6 is 0 Å². The Balaban J connectivity index is 2.21. The minimum atomic E-state index is -5.23. The van der Waals surface area contributed by atoms with Crippen LogP contribution in [0.15, 0.2) is 18.2 Å². The second-order valence-electron chi connectivity index (χ2n) is 7.37. The van der Waals surface area contributed by atoms with Crippen LogP contribution < -0.4 is 10.6 Å². The lowest BCUT2D eigenvalue weighted by Gasteiger charge is -2.17. The number of unbranched alkanes of at least 4 members (excludes halogenated alkanes) is 5. The average molecular weight is 486 g/mol. The number of carbonyl (C=O) groups is 2. The molecule has 3 N–H and O–H groups in total. The first kappa shape index (κ1) is 28.5. The molecule has 0 spiro atoms. The molecular formula is C21H28F6N2O4. The molecule has 0 radical (unpaired) electrons. The van der Waals surface area contributed by atoms with Gasteiger partial charge in [-0.15, -0.1) is 0 Å². The van der Waals surface area contributed by atoms with Gasteiger partial charge in [0.1, 0.15) is 0 Å². The Morgan fingerprint density at radius 1 is 0.818 bits per heavy atom. The number of halogens is 6. The predicted molar refractivity (Wildman–Crippen MR) is 109 cm³/mol. The van der Waals surface area contributed by atoms with Crippen molar-refractivity contribution in [3.63, 3.8) is 0 Å². The maximum Gasteiger partial charge on any atom is 0.417 e. The zero-order valence-corrected chi connectivity index (χ0v) is 17.9. The van der Waals surface area contributed by atoms with Gasteiger partial charge in [-0.25, -0.2) is 4.79 Å². The molecule has 188 valence electrons. The zero-order valence-electron chi connectivity index (χ0n) is 17.9. The summed E-state index contributed by atoms with van der Waals surface area (Å²) in [7, 11) is 0. The smallest absolute Gasteiger partial charge is 0.417 e. The van der Waals surface area contributed by atoms with E-state index in [-0.39, 0.29) is 25.1 Å². The van der Waals surface area contributed by atoms with Gasteiger partial charge in [0.25, 0.3) is 0 Å². The number of carboxylic acids is 1. The van der Waals surface area contributed by atoms with E-state index in [1.165, 1.54) is 0 Å². The molecular weight excluding hydrogens is 458 g/mol. The van der Waals surface area contributed by atoms with E-state index in [9.17, 15) is 35.9 Å². The summed E-state index contributed by atoms with van der Waals surface area (Å²) >= 11 is 0. The fourth-order valence-electron chi connectivity index (χ4n) is 2.94. The summed E-state index contributed by atoms with van der Waals surface area (Å²) in [6.45, 7) is 1.06. The van der Waals surface area contributed by atoms with Crippen LogP contribution in [0.25, 0.3) is 0 Å². The highest BCUT2D eigenvalue weighted by Gasteiger charge is 2.43. The average Bonchev–Trinajstić information content (AvgIpc) is 2.69. The van der Waals surface area contributed by atoms with Crippen molar-refractivity contribution in [1.29, 1.82) is 0 Å². The lowest BCUT2D eigenvalue weighted by molar-refractivity contribution is -0.162. The summed E-state index contributed by atoms with van der Waals surface area (Å²) in [6, 6.07) is 0.443. The Morgan fingerprint density at radius 2 is 1.39 bits per heavy atom. The van der Waals surface area contributed by atoms with Gasteiger partial charge >= 0.3 is 24.4 Å². The Labute approximate surface area is 187 Å². The topological polar surface area (TPSA) is 87.7 Å². The van der Waals surface area contributed by atoms with Gasteiger partial charge in [0.15, 0.2) is 0 Å². The van der Waals surface area contributed by atoms with E-state index in [1.807, 2.05) is 0 Å². The molecule has 0 saturated heterocycles. The van der Waals surface area contributed by atoms with Crippen molar-refractivity contribution < 1.29 is 45.8 Å². The minimum absolute atomic E-state index is 0.169. The van der Waals surface area contributed by atoms with Crippen LogP contribution in [0, 0.1) is 0 Å². The van der Waals surface area contributed by atoms with E-state index in [4.69, 9.17) is 9.84 Å². The van der Waals surface area contributed by atoms with Gasteiger partial charge in [-0.3, -0.25) is 4.79 Å². The number of benzene rings is 1. The van der Waals surface area contributed by atoms with E-state index < -0.39 is 41.2 Å². The van der Waals surface area contributed by atoms with Crippen LogP contribution in [-0.2, 0) is 21.9 Å². The normalized spacial score (nSPS) is 11.9. The maximum atomic E-state index is 12.9. The largest absolute Gasteiger partial charge is 0.481 e. The number of carboxylic acid groups (broad SMARTS) is 1. The van der Waals surface area contributed by atoms with Crippen LogP contribution in [0.1, 0.15) is 62.5 Å². The monoisotopic (exact) mass is 486 g/mol. The SMILES string of the molecule is O=C(O)CCCCCCCCOCCCNC(=O)Nc1ccc(C(F)(F)F)c(C(F)(F)F)c1. The third-order valence-electron chi connectivity index (χ3n) is 4.57. The van der Waals surface area contributed by atoms with E-state index in [2.05, 4.69) is 10.6 Å². The summed E-state index contributed by atoms with van der Waals surface area (Å²) in [5.41, 5.74) is -4.11. The first-order chi connectivity index (χ1) is 15.4. The molecule has 0 bridgehead atoms. The Hall–Kier alpha value is -2.50. The van der Waals surface area contributed by atoms with E-state index in [0.29, 0.717) is 26.1 Å². The van der Waals surface area contributed by atoms with Gasteiger partial charge in [-0.2, -0.15) is 26.3 Å². The van der Waals surface area contributed by atoms with Gasteiger partial charge < -0.3 is 20.5 Å². The van der Waals surface area contributed by atoms with Gasteiger partial charge in [0.05, 0.1) is 11.1 Å². The standard InChI is InChI=1S/C21H28F6N2O4/c22-20(23,24)16-10-9-15(14-17(16)21(25,26)27)29-19(32)28-11-7-13-33-12-6-4-2-1-3-5-8-18(30)31/h9-10,14H,1-8,11-13H2,(H,30,31)(H2,28,29,32). The summed E-state index contributed by atoms with van der Waals surface area (Å²) < 4.78 is 82.5. The van der Waals surface area contributed by atoms with E-state index in [1.54, 1.807) is 0 Å². The zero-order chi connectivity index (χ0) is 24.9. The number of anilines is 1. The number of amides is 2. The molecule has 0 aliphatic carbocycles. The van der Waals surface area contributed by atoms with Gasteiger partial charge in [-0.1, -0.05) is 25.7 Å². The van der Waals surface area contributed by atoms with Crippen molar-refractivity contribution in [2.24, 2.45) is 0 Å². The van der Waals surface area contributed by atoms with Crippen LogP contribution in [0.4, 0.5) is 36.8 Å². The quantitative estimate of drug-likeness (QED) is 0.220. The van der Waals surface area contributed by atoms with Crippen molar-refractivity contribution >= 4 is 17.7 Å². The number of alkyl halides is 6. The molecule has 2 amide bonds. The number of nitrogens with one attached hydrogen (secondary N) is 2. The first-order valence-corrected chi connectivity index (χ1v) is 10.5. The van der Waals surface area contributed by atoms with Crippen molar-refractivity contribution in [1.82, 2.24) is 5.32 Å². The van der Waals surface area contributed by atoms with E-state index >= 15 is 0 Å². The molecule has 0 unspecified atom stereocenters. The molecule has 1 aromatic rings. The van der Waals surface area contributed by atoms with Crippen LogP contribution in [0.2, 0.25) is 0 Å². The van der Waals surface area contributed by atoms with Gasteiger partial charge in [-0.05, 0) is 37.5 Å². The van der Waals surface area contributed by atoms with Crippen molar-refractivity contribution in [3.05, 3.63) is 29.3 Å². The second kappa shape index (κ2) is 13.9. The summed E-state index contributed by atoms with van der Waals surface area (Å²) in [5, 5.41) is 13.0. The summed E-state index contributed by atoms with van der Waals surface area (Å²) in [6.07, 6.45) is -4.44. The van der Waals surface area contributed by atoms with Crippen LogP contribution in [0.5, 0.6) is 0 Å². The third-order valence-corrected chi connectivity index (χ3v) is 4.57. The third kappa shape index (κ3) is 12.4. The van der Waals surface area contributed by atoms with Crippen LogP contribution in [-0.4, -0.2) is 36.9 Å². The highest BCUT2D eigenvalue weighted by Crippen LogP contribution is 2.41. The number of aliphatic carboxylic acids is 1. The number of rotatable bonds is 14. The lowest BCUT2D eigenvalue weighted by atomic mass is 10.1. The number of carbonyl (C=O) groups excluding carboxylic acids is 1. The number of urea groups is 1. The molecule has 6 nitrogen and oxygen atoms in total. The second-order valence-corrected chi connectivity index (χ2v) is 7.37. The molecule has 0 saturated carbocycles. The summed E-state index contributed by atoms with van der Waals surface area (Å²) in [5.74, 6) is -0.787. The molecule has 1 rings (SSSR count). The summed E-state index contributed by atoms with van der Waals surface area (Å²) in [4.78, 5) is 22.1. The maximum absolute atomic E-state index is 12.9. The molecule has 0 aliphatic rings. The molecule has 0 aliphatic heterocycles. The Morgan fingerprint density at radius 3 is 2.00 bits per heavy atom. The van der Waals surface area contributed by atoms with Crippen molar-refractivity contribution in [2.75, 3.05) is 25.1 Å². The fraction of sp³-hybridized carbons (Fsp3) is 0.619. The molecule has 0 heterocycles. The van der Waals surface area contributed by atoms with Crippen molar-refractivity contribution in [3.8, 4) is 0 Å². The fourth-order valence-corrected chi connectivity index (χ4v) is 2.94. The molecule has 1 aromatic carbocycles. The predicted octanol–water partition coefficient (Wildman–Crippen LogP) is 6.07. The first-order valence-electron chi connectivity index (χ1n) is 10.5. The number of ether oxygens (including phenoxy) is 1. The molecule has 0 fully saturated rings. The molecule has 0 atom stereocenters. The number of hydrogen-bond acceptors (Lipinski definition) is 3. The molecule has 0 aromatic heterocycles. The highest BCUT2D eigenvalue weighted by atomic mass is 19.4. The Bertz CT molecular complexity index is 753. The van der Waals surface area contributed by atoms with Gasteiger partial charge in [0, 0.05) is 31.9 Å². The molecule has 33 heavy (non-hydrogen) atoms. The van der Waals surface area contributed by atoms with Crippen LogP contribution in [0.3, 0.4) is 0 Å². The Kier molecular flexibility index (Phi) is 12.0. The highest BCUT2D eigenvalue weighted by molar-refractivity contribution is 5.89. The number of hydrogen-bond donors (Lipinski definition) is 3. The minimum Gasteiger partial charge on any atom is -0.481 e. The van der Waals surface area contributed by atoms with E-state index in [0.717, 1.165) is 38.2 Å². The lowest BCUT2D eigenvalue weighted by Crippen LogP contribution is -2.30. The van der Waals surface area contributed by atoms with Gasteiger partial charge in [0.2, 0.25) is 0 Å². The molecule has 12 heteroatoms. The van der Waals surface area contributed by atoms with Crippen molar-refractivity contribution in [2.45, 2.75) is 63.7 Å².